The third kappa shape index (κ3) is 2.83. The van der Waals surface area contributed by atoms with Crippen molar-refractivity contribution in [1.29, 1.82) is 5.26 Å². The van der Waals surface area contributed by atoms with E-state index in [0.717, 1.165) is 49.3 Å². The number of aryl methyl sites for hydroxylation is 1. The number of benzene rings is 1. The van der Waals surface area contributed by atoms with Crippen molar-refractivity contribution >= 4 is 22.2 Å². The van der Waals surface area contributed by atoms with E-state index >= 15 is 0 Å². The molecular formula is C19H19N3OS. The molecule has 0 radical (unpaired) electrons. The van der Waals surface area contributed by atoms with Gasteiger partial charge in [0.1, 0.15) is 11.1 Å². The van der Waals surface area contributed by atoms with E-state index in [1.165, 1.54) is 16.0 Å². The first-order valence-corrected chi connectivity index (χ1v) is 9.20. The lowest BCUT2D eigenvalue weighted by molar-refractivity contribution is -0.117. The van der Waals surface area contributed by atoms with E-state index in [0.29, 0.717) is 12.1 Å². The first-order chi connectivity index (χ1) is 11.7. The van der Waals surface area contributed by atoms with Gasteiger partial charge in [0.05, 0.1) is 12.1 Å². The van der Waals surface area contributed by atoms with Crippen LogP contribution in [0.3, 0.4) is 0 Å². The second-order valence-electron chi connectivity index (χ2n) is 6.45. The summed E-state index contributed by atoms with van der Waals surface area (Å²) >= 11 is 1.58. The number of rotatable bonds is 3. The molecule has 1 aliphatic carbocycles. The minimum atomic E-state index is -0.0224. The van der Waals surface area contributed by atoms with E-state index in [1.54, 1.807) is 11.3 Å². The lowest BCUT2D eigenvalue weighted by Crippen LogP contribution is -2.37. The summed E-state index contributed by atoms with van der Waals surface area (Å²) in [6.45, 7) is 2.09. The highest BCUT2D eigenvalue weighted by atomic mass is 32.1. The Balaban J connectivity index is 1.42. The fraction of sp³-hybridized carbons (Fsp3) is 0.368. The van der Waals surface area contributed by atoms with Crippen molar-refractivity contribution in [3.8, 4) is 6.07 Å². The lowest BCUT2D eigenvalue weighted by Gasteiger charge is -2.28. The van der Waals surface area contributed by atoms with Gasteiger partial charge in [0.15, 0.2) is 0 Å². The Bertz CT molecular complexity index is 834. The average Bonchev–Trinajstić information content (AvgIpc) is 3.15. The molecule has 4 rings (SSSR count). The van der Waals surface area contributed by atoms with E-state index in [9.17, 15) is 10.1 Å². The van der Waals surface area contributed by atoms with Gasteiger partial charge in [-0.25, -0.2) is 0 Å². The summed E-state index contributed by atoms with van der Waals surface area (Å²) in [5, 5.41) is 13.1. The van der Waals surface area contributed by atoms with Gasteiger partial charge in [-0.2, -0.15) is 5.26 Å². The molecule has 2 aliphatic rings. The van der Waals surface area contributed by atoms with Gasteiger partial charge in [0.25, 0.3) is 0 Å². The molecule has 0 fully saturated rings. The van der Waals surface area contributed by atoms with Crippen molar-refractivity contribution in [1.82, 2.24) is 4.90 Å². The van der Waals surface area contributed by atoms with Gasteiger partial charge in [-0.15, -0.1) is 11.3 Å². The van der Waals surface area contributed by atoms with Crippen LogP contribution >= 0.6 is 11.3 Å². The van der Waals surface area contributed by atoms with Crippen LogP contribution in [-0.4, -0.2) is 23.9 Å². The number of fused-ring (bicyclic) bond motifs is 2. The molecule has 0 spiro atoms. The number of hydrogen-bond donors (Lipinski definition) is 1. The molecule has 1 aromatic carbocycles. The molecule has 1 aromatic heterocycles. The smallest absolute Gasteiger partial charge is 0.239 e. The predicted octanol–water partition coefficient (Wildman–Crippen LogP) is 3.11. The summed E-state index contributed by atoms with van der Waals surface area (Å²) in [5.41, 5.74) is 4.54. The zero-order valence-electron chi connectivity index (χ0n) is 13.5. The van der Waals surface area contributed by atoms with E-state index < -0.39 is 0 Å². The maximum absolute atomic E-state index is 12.4. The van der Waals surface area contributed by atoms with Gasteiger partial charge in [-0.3, -0.25) is 9.69 Å². The van der Waals surface area contributed by atoms with Gasteiger partial charge >= 0.3 is 0 Å². The Morgan fingerprint density at radius 1 is 1.25 bits per heavy atom. The molecule has 0 bridgehead atoms. The van der Waals surface area contributed by atoms with Crippen molar-refractivity contribution in [3.63, 3.8) is 0 Å². The Morgan fingerprint density at radius 3 is 2.92 bits per heavy atom. The van der Waals surface area contributed by atoms with Crippen LogP contribution in [0.1, 0.15) is 33.6 Å². The molecular weight excluding hydrogens is 318 g/mol. The van der Waals surface area contributed by atoms with Gasteiger partial charge in [-0.1, -0.05) is 24.3 Å². The van der Waals surface area contributed by atoms with Crippen LogP contribution < -0.4 is 5.32 Å². The average molecular weight is 337 g/mol. The number of carbonyl (C=O) groups is 1. The van der Waals surface area contributed by atoms with Gasteiger partial charge in [0.2, 0.25) is 5.91 Å². The minimum Gasteiger partial charge on any atom is -0.315 e. The number of carbonyl (C=O) groups excluding carboxylic acids is 1. The van der Waals surface area contributed by atoms with Gasteiger partial charge in [-0.05, 0) is 42.4 Å². The molecule has 2 aromatic rings. The SMILES string of the molecule is N#Cc1c(NC(=O)CN2CCc3ccccc3C2)sc2c1CCC2. The summed E-state index contributed by atoms with van der Waals surface area (Å²) in [5.74, 6) is -0.0224. The fourth-order valence-corrected chi connectivity index (χ4v) is 4.92. The summed E-state index contributed by atoms with van der Waals surface area (Å²) in [6, 6.07) is 10.7. The second-order valence-corrected chi connectivity index (χ2v) is 7.56. The number of anilines is 1. The Morgan fingerprint density at radius 2 is 2.08 bits per heavy atom. The summed E-state index contributed by atoms with van der Waals surface area (Å²) in [6.07, 6.45) is 4.11. The standard InChI is InChI=1S/C19H19N3OS/c20-10-16-15-6-3-7-17(15)24-19(16)21-18(23)12-22-9-8-13-4-1-2-5-14(13)11-22/h1-2,4-5H,3,6-9,11-12H2,(H,21,23). The summed E-state index contributed by atoms with van der Waals surface area (Å²) in [7, 11) is 0. The van der Waals surface area contributed by atoms with Crippen LogP contribution in [0, 0.1) is 11.3 Å². The molecule has 0 unspecified atom stereocenters. The van der Waals surface area contributed by atoms with Crippen LogP contribution in [0.15, 0.2) is 24.3 Å². The van der Waals surface area contributed by atoms with Crippen molar-refractivity contribution in [3.05, 3.63) is 51.4 Å². The molecule has 5 heteroatoms. The normalized spacial score (nSPS) is 16.3. The van der Waals surface area contributed by atoms with Crippen LogP contribution in [0.25, 0.3) is 0 Å². The first kappa shape index (κ1) is 15.4. The van der Waals surface area contributed by atoms with Crippen molar-refractivity contribution in [2.24, 2.45) is 0 Å². The molecule has 24 heavy (non-hydrogen) atoms. The van der Waals surface area contributed by atoms with Crippen LogP contribution in [-0.2, 0) is 30.6 Å². The van der Waals surface area contributed by atoms with Crippen molar-refractivity contribution < 1.29 is 4.79 Å². The Labute approximate surface area is 145 Å². The van der Waals surface area contributed by atoms with Gasteiger partial charge in [0, 0.05) is 18.0 Å². The number of nitriles is 1. The monoisotopic (exact) mass is 337 g/mol. The second kappa shape index (κ2) is 6.39. The topological polar surface area (TPSA) is 56.1 Å². The largest absolute Gasteiger partial charge is 0.315 e. The summed E-state index contributed by atoms with van der Waals surface area (Å²) in [4.78, 5) is 15.9. The highest BCUT2D eigenvalue weighted by Crippen LogP contribution is 2.38. The van der Waals surface area contributed by atoms with Crippen molar-refractivity contribution in [2.75, 3.05) is 18.4 Å². The number of hydrogen-bond acceptors (Lipinski definition) is 4. The molecule has 2 heterocycles. The highest BCUT2D eigenvalue weighted by molar-refractivity contribution is 7.16. The summed E-state index contributed by atoms with van der Waals surface area (Å²) < 4.78 is 0. The zero-order valence-corrected chi connectivity index (χ0v) is 14.3. The van der Waals surface area contributed by atoms with Crippen molar-refractivity contribution in [2.45, 2.75) is 32.2 Å². The third-order valence-corrected chi connectivity index (χ3v) is 6.07. The van der Waals surface area contributed by atoms with Gasteiger partial charge < -0.3 is 5.32 Å². The van der Waals surface area contributed by atoms with Crippen LogP contribution in [0.4, 0.5) is 5.00 Å². The van der Waals surface area contributed by atoms with E-state index in [1.807, 2.05) is 0 Å². The first-order valence-electron chi connectivity index (χ1n) is 8.38. The predicted molar refractivity (Wildman–Crippen MR) is 95.1 cm³/mol. The molecule has 0 saturated heterocycles. The molecule has 0 saturated carbocycles. The quantitative estimate of drug-likeness (QED) is 0.936. The fourth-order valence-electron chi connectivity index (χ4n) is 3.67. The molecule has 4 nitrogen and oxygen atoms in total. The molecule has 1 amide bonds. The molecule has 1 aliphatic heterocycles. The Kier molecular flexibility index (Phi) is 4.09. The van der Waals surface area contributed by atoms with E-state index in [-0.39, 0.29) is 5.91 Å². The Hall–Kier alpha value is -2.16. The van der Waals surface area contributed by atoms with Crippen LogP contribution in [0.2, 0.25) is 0 Å². The number of thiophene rings is 1. The maximum atomic E-state index is 12.4. The van der Waals surface area contributed by atoms with E-state index in [2.05, 4.69) is 40.6 Å². The van der Waals surface area contributed by atoms with Crippen LogP contribution in [0.5, 0.6) is 0 Å². The maximum Gasteiger partial charge on any atom is 0.239 e. The third-order valence-electron chi connectivity index (χ3n) is 4.86. The number of amides is 1. The molecule has 122 valence electrons. The zero-order chi connectivity index (χ0) is 16.5. The minimum absolute atomic E-state index is 0.0224. The van der Waals surface area contributed by atoms with E-state index in [4.69, 9.17) is 0 Å². The highest BCUT2D eigenvalue weighted by Gasteiger charge is 2.24. The number of nitrogens with zero attached hydrogens (tertiary/aromatic N) is 2. The number of nitrogens with one attached hydrogen (secondary N) is 1. The molecule has 0 atom stereocenters. The molecule has 1 N–H and O–H groups in total. The lowest BCUT2D eigenvalue weighted by atomic mass is 10.00.